The number of aromatic nitrogens is 3. The summed E-state index contributed by atoms with van der Waals surface area (Å²) in [6, 6.07) is 7.51. The fourth-order valence-corrected chi connectivity index (χ4v) is 1.70. The highest BCUT2D eigenvalue weighted by molar-refractivity contribution is 5.96. The van der Waals surface area contributed by atoms with E-state index < -0.39 is 0 Å². The van der Waals surface area contributed by atoms with E-state index in [-0.39, 0.29) is 11.8 Å². The number of hydrogen-bond donors (Lipinski definition) is 2. The van der Waals surface area contributed by atoms with Gasteiger partial charge in [0, 0.05) is 17.7 Å². The molecule has 1 heterocycles. The van der Waals surface area contributed by atoms with E-state index in [9.17, 15) is 4.79 Å². The smallest absolute Gasteiger partial charge is 0.162 e. The van der Waals surface area contributed by atoms with Crippen LogP contribution in [-0.2, 0) is 0 Å². The van der Waals surface area contributed by atoms with Gasteiger partial charge in [0.25, 0.3) is 0 Å². The molecule has 1 atom stereocenters. The molecular formula is C13H16N4O. The number of Topliss-reactive ketones (excluding diaryl/α,β-unsaturated/α-hetero) is 1. The summed E-state index contributed by atoms with van der Waals surface area (Å²) in [5.74, 6) is 0.938. The van der Waals surface area contributed by atoms with Crippen molar-refractivity contribution in [3.63, 3.8) is 0 Å². The Hall–Kier alpha value is -2.17. The monoisotopic (exact) mass is 244 g/mol. The van der Waals surface area contributed by atoms with E-state index in [0.717, 1.165) is 17.1 Å². The second kappa shape index (κ2) is 5.44. The summed E-state index contributed by atoms with van der Waals surface area (Å²) in [4.78, 5) is 15.6. The van der Waals surface area contributed by atoms with Crippen LogP contribution in [0.1, 0.15) is 42.5 Å². The van der Waals surface area contributed by atoms with Gasteiger partial charge in [0.15, 0.2) is 5.78 Å². The van der Waals surface area contributed by atoms with Crippen LogP contribution in [0.15, 0.2) is 30.6 Å². The van der Waals surface area contributed by atoms with Crippen molar-refractivity contribution in [1.29, 1.82) is 0 Å². The van der Waals surface area contributed by atoms with Gasteiger partial charge in [-0.25, -0.2) is 4.98 Å². The molecule has 0 bridgehead atoms. The van der Waals surface area contributed by atoms with Crippen LogP contribution in [0.5, 0.6) is 0 Å². The van der Waals surface area contributed by atoms with Crippen LogP contribution in [0.3, 0.4) is 0 Å². The Kier molecular flexibility index (Phi) is 3.72. The van der Waals surface area contributed by atoms with Crippen LogP contribution in [0.4, 0.5) is 5.69 Å². The second-order valence-electron chi connectivity index (χ2n) is 4.09. The van der Waals surface area contributed by atoms with Crippen LogP contribution in [0, 0.1) is 0 Å². The van der Waals surface area contributed by atoms with Gasteiger partial charge in [0.1, 0.15) is 12.2 Å². The lowest BCUT2D eigenvalue weighted by atomic mass is 10.1. The van der Waals surface area contributed by atoms with Crippen molar-refractivity contribution in [2.75, 3.05) is 5.32 Å². The summed E-state index contributed by atoms with van der Waals surface area (Å²) >= 11 is 0. The summed E-state index contributed by atoms with van der Waals surface area (Å²) in [6.45, 7) is 3.85. The summed E-state index contributed by atoms with van der Waals surface area (Å²) < 4.78 is 0. The number of nitrogens with one attached hydrogen (secondary N) is 2. The molecule has 0 saturated carbocycles. The van der Waals surface area contributed by atoms with Crippen LogP contribution >= 0.6 is 0 Å². The highest BCUT2D eigenvalue weighted by Gasteiger charge is 2.08. The summed E-state index contributed by atoms with van der Waals surface area (Å²) in [7, 11) is 0. The molecule has 94 valence electrons. The Morgan fingerprint density at radius 3 is 2.67 bits per heavy atom. The Labute approximate surface area is 106 Å². The first-order valence-corrected chi connectivity index (χ1v) is 5.95. The number of benzene rings is 1. The molecule has 2 rings (SSSR count). The summed E-state index contributed by atoms with van der Waals surface area (Å²) in [5.41, 5.74) is 1.70. The van der Waals surface area contributed by atoms with Crippen molar-refractivity contribution < 1.29 is 4.79 Å². The third kappa shape index (κ3) is 2.74. The molecule has 2 N–H and O–H groups in total. The molecule has 0 spiro atoms. The van der Waals surface area contributed by atoms with Crippen LogP contribution < -0.4 is 5.32 Å². The minimum Gasteiger partial charge on any atom is -0.375 e. The molecule has 5 heteroatoms. The van der Waals surface area contributed by atoms with Crippen LogP contribution in [0.2, 0.25) is 0 Å². The van der Waals surface area contributed by atoms with Gasteiger partial charge >= 0.3 is 0 Å². The Bertz CT molecular complexity index is 504. The fourth-order valence-electron chi connectivity index (χ4n) is 1.70. The normalized spacial score (nSPS) is 12.1. The van der Waals surface area contributed by atoms with Gasteiger partial charge in [0.05, 0.1) is 6.04 Å². The van der Waals surface area contributed by atoms with Crippen molar-refractivity contribution >= 4 is 11.5 Å². The lowest BCUT2D eigenvalue weighted by Crippen LogP contribution is -2.08. The average Bonchev–Trinajstić information content (AvgIpc) is 2.92. The van der Waals surface area contributed by atoms with Crippen molar-refractivity contribution in [2.45, 2.75) is 26.3 Å². The highest BCUT2D eigenvalue weighted by Crippen LogP contribution is 2.17. The molecule has 0 aliphatic heterocycles. The highest BCUT2D eigenvalue weighted by atomic mass is 16.1. The van der Waals surface area contributed by atoms with Crippen molar-refractivity contribution in [3.05, 3.63) is 42.0 Å². The first kappa shape index (κ1) is 12.3. The van der Waals surface area contributed by atoms with Crippen molar-refractivity contribution in [1.82, 2.24) is 15.2 Å². The van der Waals surface area contributed by atoms with E-state index in [1.54, 1.807) is 0 Å². The van der Waals surface area contributed by atoms with Gasteiger partial charge in [0.2, 0.25) is 0 Å². The summed E-state index contributed by atoms with van der Waals surface area (Å²) in [6.07, 6.45) is 2.01. The predicted octanol–water partition coefficient (Wildman–Crippen LogP) is 2.57. The quantitative estimate of drug-likeness (QED) is 0.793. The lowest BCUT2D eigenvalue weighted by molar-refractivity contribution is 0.0988. The molecule has 2 aromatic rings. The van der Waals surface area contributed by atoms with E-state index in [4.69, 9.17) is 0 Å². The van der Waals surface area contributed by atoms with Gasteiger partial charge in [-0.05, 0) is 31.2 Å². The molecule has 0 fully saturated rings. The SMILES string of the molecule is CCC(=O)c1ccc(NC(C)c2ncn[nH]2)cc1. The Balaban J connectivity index is 2.04. The van der Waals surface area contributed by atoms with Crippen LogP contribution in [0.25, 0.3) is 0 Å². The number of anilines is 1. The van der Waals surface area contributed by atoms with Crippen molar-refractivity contribution in [2.24, 2.45) is 0 Å². The first-order chi connectivity index (χ1) is 8.70. The molecule has 0 amide bonds. The number of nitrogens with zero attached hydrogens (tertiary/aromatic N) is 2. The molecule has 18 heavy (non-hydrogen) atoms. The lowest BCUT2D eigenvalue weighted by Gasteiger charge is -2.12. The molecule has 5 nitrogen and oxygen atoms in total. The van der Waals surface area contributed by atoms with Gasteiger partial charge < -0.3 is 5.32 Å². The maximum absolute atomic E-state index is 11.5. The molecule has 0 radical (unpaired) electrons. The number of hydrogen-bond acceptors (Lipinski definition) is 4. The molecule has 1 unspecified atom stereocenters. The minimum atomic E-state index is 0.0419. The van der Waals surface area contributed by atoms with Crippen molar-refractivity contribution in [3.8, 4) is 0 Å². The number of aromatic amines is 1. The zero-order chi connectivity index (χ0) is 13.0. The number of rotatable bonds is 5. The molecule has 0 aliphatic carbocycles. The Morgan fingerprint density at radius 1 is 1.39 bits per heavy atom. The fraction of sp³-hybridized carbons (Fsp3) is 0.308. The largest absolute Gasteiger partial charge is 0.375 e. The number of ketones is 1. The zero-order valence-electron chi connectivity index (χ0n) is 10.5. The van der Waals surface area contributed by atoms with E-state index in [2.05, 4.69) is 20.5 Å². The van der Waals surface area contributed by atoms with E-state index in [0.29, 0.717) is 6.42 Å². The van der Waals surface area contributed by atoms with Gasteiger partial charge in [-0.3, -0.25) is 9.89 Å². The maximum atomic E-state index is 11.5. The summed E-state index contributed by atoms with van der Waals surface area (Å²) in [5, 5.41) is 9.91. The Morgan fingerprint density at radius 2 is 2.11 bits per heavy atom. The standard InChI is InChI=1S/C13H16N4O/c1-3-12(18)10-4-6-11(7-5-10)16-9(2)13-14-8-15-17-13/h4-9,16H,3H2,1-2H3,(H,14,15,17). The van der Waals surface area contributed by atoms with E-state index in [1.807, 2.05) is 38.1 Å². The minimum absolute atomic E-state index is 0.0419. The number of carbonyl (C=O) groups excluding carboxylic acids is 1. The third-order valence-corrected chi connectivity index (χ3v) is 2.75. The van der Waals surface area contributed by atoms with E-state index in [1.165, 1.54) is 6.33 Å². The van der Waals surface area contributed by atoms with E-state index >= 15 is 0 Å². The molecule has 0 aliphatic rings. The topological polar surface area (TPSA) is 70.7 Å². The number of carbonyl (C=O) groups is 1. The first-order valence-electron chi connectivity index (χ1n) is 5.95. The molecule has 1 aromatic carbocycles. The molecule has 0 saturated heterocycles. The number of H-pyrrole nitrogens is 1. The van der Waals surface area contributed by atoms with Gasteiger partial charge in [-0.15, -0.1) is 0 Å². The average molecular weight is 244 g/mol. The third-order valence-electron chi connectivity index (χ3n) is 2.75. The predicted molar refractivity (Wildman–Crippen MR) is 69.5 cm³/mol. The van der Waals surface area contributed by atoms with Gasteiger partial charge in [-0.1, -0.05) is 6.92 Å². The molecule has 1 aromatic heterocycles. The maximum Gasteiger partial charge on any atom is 0.162 e. The van der Waals surface area contributed by atoms with Crippen LogP contribution in [-0.4, -0.2) is 21.0 Å². The van der Waals surface area contributed by atoms with Gasteiger partial charge in [-0.2, -0.15) is 5.10 Å². The second-order valence-corrected chi connectivity index (χ2v) is 4.09. The zero-order valence-corrected chi connectivity index (χ0v) is 10.5. The molecular weight excluding hydrogens is 228 g/mol.